The molecule has 1 aromatic rings. The summed E-state index contributed by atoms with van der Waals surface area (Å²) in [5, 5.41) is 6.55. The number of guanidine groups is 1. The van der Waals surface area contributed by atoms with Gasteiger partial charge in [-0.05, 0) is 39.2 Å². The van der Waals surface area contributed by atoms with Crippen LogP contribution < -0.4 is 15.5 Å². The Morgan fingerprint density at radius 1 is 1.14 bits per heavy atom. The number of nitrogens with zero attached hydrogens (tertiary/aromatic N) is 3. The maximum absolute atomic E-state index is 12.5. The lowest BCUT2D eigenvalue weighted by molar-refractivity contribution is -0.131. The van der Waals surface area contributed by atoms with E-state index in [9.17, 15) is 4.79 Å². The van der Waals surface area contributed by atoms with Gasteiger partial charge in [-0.1, -0.05) is 18.2 Å². The first-order valence-corrected chi connectivity index (χ1v) is 11.3. The Morgan fingerprint density at radius 3 is 2.43 bits per heavy atom. The summed E-state index contributed by atoms with van der Waals surface area (Å²) in [6.07, 6.45) is 2.59. The molecule has 156 valence electrons. The van der Waals surface area contributed by atoms with Crippen LogP contribution in [0.1, 0.15) is 27.2 Å². The number of nitrogens with one attached hydrogen (secondary N) is 2. The lowest BCUT2D eigenvalue weighted by atomic mass is 10.2. The zero-order chi connectivity index (χ0) is 20.4. The summed E-state index contributed by atoms with van der Waals surface area (Å²) in [5.41, 5.74) is 1.23. The predicted molar refractivity (Wildman–Crippen MR) is 121 cm³/mol. The Balaban J connectivity index is 1.75. The molecular formula is C21H35N5OS. The summed E-state index contributed by atoms with van der Waals surface area (Å²) < 4.78 is 0.108. The fourth-order valence-electron chi connectivity index (χ4n) is 2.97. The zero-order valence-electron chi connectivity index (χ0n) is 17.7. The fourth-order valence-corrected chi connectivity index (χ4v) is 3.17. The summed E-state index contributed by atoms with van der Waals surface area (Å²) in [4.78, 5) is 21.5. The average molecular weight is 406 g/mol. The molecule has 2 rings (SSSR count). The van der Waals surface area contributed by atoms with E-state index in [2.05, 4.69) is 64.9 Å². The number of anilines is 1. The van der Waals surface area contributed by atoms with Gasteiger partial charge in [-0.3, -0.25) is 9.79 Å². The van der Waals surface area contributed by atoms with Crippen molar-refractivity contribution in [1.29, 1.82) is 0 Å². The van der Waals surface area contributed by atoms with Gasteiger partial charge in [0.25, 0.3) is 0 Å². The molecule has 28 heavy (non-hydrogen) atoms. The molecule has 0 atom stereocenters. The van der Waals surface area contributed by atoms with Gasteiger partial charge in [0.05, 0.1) is 6.54 Å². The van der Waals surface area contributed by atoms with Crippen LogP contribution >= 0.6 is 11.8 Å². The topological polar surface area (TPSA) is 60.0 Å². The number of amides is 1. The van der Waals surface area contributed by atoms with Crippen LogP contribution in [-0.2, 0) is 4.79 Å². The summed E-state index contributed by atoms with van der Waals surface area (Å²) in [6.45, 7) is 11.9. The van der Waals surface area contributed by atoms with E-state index in [-0.39, 0.29) is 10.7 Å². The van der Waals surface area contributed by atoms with Crippen molar-refractivity contribution in [3.05, 3.63) is 30.3 Å². The van der Waals surface area contributed by atoms with Gasteiger partial charge in [0, 0.05) is 56.1 Å². The third-order valence-corrected chi connectivity index (χ3v) is 6.13. The van der Waals surface area contributed by atoms with E-state index >= 15 is 0 Å². The van der Waals surface area contributed by atoms with Crippen molar-refractivity contribution in [2.45, 2.75) is 31.9 Å². The van der Waals surface area contributed by atoms with Crippen molar-refractivity contribution in [3.8, 4) is 0 Å². The van der Waals surface area contributed by atoms with Crippen LogP contribution in [0.5, 0.6) is 0 Å². The number of para-hydroxylation sites is 1. The lowest BCUT2D eigenvalue weighted by Crippen LogP contribution is -2.49. The fraction of sp³-hybridized carbons (Fsp3) is 0.619. The van der Waals surface area contributed by atoms with Crippen LogP contribution in [0.2, 0.25) is 0 Å². The average Bonchev–Trinajstić information content (AvgIpc) is 2.72. The van der Waals surface area contributed by atoms with Crippen molar-refractivity contribution in [1.82, 2.24) is 15.5 Å². The quantitative estimate of drug-likeness (QED) is 0.514. The number of piperazine rings is 1. The highest BCUT2D eigenvalue weighted by Gasteiger charge is 2.21. The standard InChI is InChI=1S/C21H35N5OS/c1-5-22-20(24-17-21(2,3)28-4)23-12-11-19(27)26-15-13-25(14-16-26)18-9-7-6-8-10-18/h6-10H,5,11-17H2,1-4H3,(H2,22,23,24). The Kier molecular flexibility index (Phi) is 8.96. The van der Waals surface area contributed by atoms with Crippen molar-refractivity contribution >= 4 is 29.3 Å². The molecule has 1 aliphatic heterocycles. The molecule has 0 spiro atoms. The second-order valence-corrected chi connectivity index (χ2v) is 9.05. The highest BCUT2D eigenvalue weighted by molar-refractivity contribution is 7.99. The van der Waals surface area contributed by atoms with Crippen LogP contribution in [0.4, 0.5) is 5.69 Å². The van der Waals surface area contributed by atoms with Gasteiger partial charge in [-0.15, -0.1) is 0 Å². The van der Waals surface area contributed by atoms with E-state index in [0.717, 1.165) is 45.2 Å². The van der Waals surface area contributed by atoms with E-state index in [1.54, 1.807) is 11.8 Å². The number of hydrogen-bond acceptors (Lipinski definition) is 4. The Bertz CT molecular complexity index is 627. The summed E-state index contributed by atoms with van der Waals surface area (Å²) in [6, 6.07) is 10.4. The Morgan fingerprint density at radius 2 is 1.82 bits per heavy atom. The monoisotopic (exact) mass is 405 g/mol. The first-order valence-electron chi connectivity index (χ1n) is 10.1. The smallest absolute Gasteiger partial charge is 0.224 e. The minimum Gasteiger partial charge on any atom is -0.368 e. The van der Waals surface area contributed by atoms with Gasteiger partial charge in [-0.2, -0.15) is 11.8 Å². The molecule has 1 heterocycles. The van der Waals surface area contributed by atoms with Crippen molar-refractivity contribution in [3.63, 3.8) is 0 Å². The third kappa shape index (κ3) is 7.26. The van der Waals surface area contributed by atoms with Crippen LogP contribution in [-0.4, -0.2) is 73.6 Å². The highest BCUT2D eigenvalue weighted by atomic mass is 32.2. The molecule has 1 aliphatic rings. The second kappa shape index (κ2) is 11.2. The molecule has 0 bridgehead atoms. The summed E-state index contributed by atoms with van der Waals surface area (Å²) in [5.74, 6) is 0.992. The van der Waals surface area contributed by atoms with E-state index in [0.29, 0.717) is 13.0 Å². The van der Waals surface area contributed by atoms with Crippen LogP contribution in [0.15, 0.2) is 35.3 Å². The second-order valence-electron chi connectivity index (χ2n) is 7.54. The van der Waals surface area contributed by atoms with Gasteiger partial charge in [-0.25, -0.2) is 0 Å². The number of carbonyl (C=O) groups excluding carboxylic acids is 1. The number of hydrogen-bond donors (Lipinski definition) is 2. The van der Waals surface area contributed by atoms with E-state index in [4.69, 9.17) is 0 Å². The number of carbonyl (C=O) groups is 1. The molecular weight excluding hydrogens is 370 g/mol. The molecule has 2 N–H and O–H groups in total. The number of rotatable bonds is 8. The first kappa shape index (κ1) is 22.4. The van der Waals surface area contributed by atoms with E-state index in [1.165, 1.54) is 5.69 Å². The molecule has 0 aliphatic carbocycles. The van der Waals surface area contributed by atoms with Crippen molar-refractivity contribution < 1.29 is 4.79 Å². The van der Waals surface area contributed by atoms with Gasteiger partial charge in [0.1, 0.15) is 0 Å². The van der Waals surface area contributed by atoms with E-state index in [1.807, 2.05) is 17.9 Å². The van der Waals surface area contributed by atoms with Crippen LogP contribution in [0.3, 0.4) is 0 Å². The molecule has 7 heteroatoms. The molecule has 1 amide bonds. The Labute approximate surface area is 174 Å². The lowest BCUT2D eigenvalue weighted by Gasteiger charge is -2.36. The van der Waals surface area contributed by atoms with Crippen LogP contribution in [0.25, 0.3) is 0 Å². The van der Waals surface area contributed by atoms with Gasteiger partial charge >= 0.3 is 0 Å². The van der Waals surface area contributed by atoms with Gasteiger partial charge in [0.2, 0.25) is 5.91 Å². The summed E-state index contributed by atoms with van der Waals surface area (Å²) >= 11 is 1.81. The van der Waals surface area contributed by atoms with Gasteiger partial charge < -0.3 is 20.4 Å². The minimum absolute atomic E-state index is 0.108. The molecule has 0 radical (unpaired) electrons. The minimum atomic E-state index is 0.108. The molecule has 0 saturated carbocycles. The maximum Gasteiger partial charge on any atom is 0.224 e. The van der Waals surface area contributed by atoms with Gasteiger partial charge in [0.15, 0.2) is 5.96 Å². The largest absolute Gasteiger partial charge is 0.368 e. The number of aliphatic imine (C=N–C) groups is 1. The molecule has 1 fully saturated rings. The SMILES string of the molecule is CCNC(=NCC(C)(C)SC)NCCC(=O)N1CCN(c2ccccc2)CC1. The maximum atomic E-state index is 12.5. The molecule has 0 aromatic heterocycles. The number of benzene rings is 1. The predicted octanol–water partition coefficient (Wildman–Crippen LogP) is 2.42. The first-order chi connectivity index (χ1) is 13.4. The third-order valence-electron chi connectivity index (χ3n) is 4.90. The Hall–Kier alpha value is -1.89. The normalized spacial score (nSPS) is 15.5. The van der Waals surface area contributed by atoms with Crippen molar-refractivity contribution in [2.75, 3.05) is 57.0 Å². The molecule has 0 unspecified atom stereocenters. The summed E-state index contributed by atoms with van der Waals surface area (Å²) in [7, 11) is 0. The number of thioether (sulfide) groups is 1. The van der Waals surface area contributed by atoms with E-state index < -0.39 is 0 Å². The molecule has 6 nitrogen and oxygen atoms in total. The zero-order valence-corrected chi connectivity index (χ0v) is 18.5. The van der Waals surface area contributed by atoms with Crippen molar-refractivity contribution in [2.24, 2.45) is 4.99 Å². The molecule has 1 aromatic carbocycles. The highest BCUT2D eigenvalue weighted by Crippen LogP contribution is 2.21. The molecule has 1 saturated heterocycles. The van der Waals surface area contributed by atoms with Crippen LogP contribution in [0, 0.1) is 0 Å².